The van der Waals surface area contributed by atoms with Crippen LogP contribution in [0.2, 0.25) is 0 Å². The highest BCUT2D eigenvalue weighted by atomic mass is 16.2. The van der Waals surface area contributed by atoms with Crippen LogP contribution in [0.1, 0.15) is 25.7 Å². The van der Waals surface area contributed by atoms with Crippen LogP contribution in [0.5, 0.6) is 0 Å². The summed E-state index contributed by atoms with van der Waals surface area (Å²) in [6, 6.07) is 0. The van der Waals surface area contributed by atoms with Crippen molar-refractivity contribution in [3.05, 3.63) is 0 Å². The zero-order valence-corrected chi connectivity index (χ0v) is 8.04. The number of carbonyl (C=O) groups excluding carboxylic acids is 1. The van der Waals surface area contributed by atoms with Gasteiger partial charge in [-0.2, -0.15) is 0 Å². The predicted molar refractivity (Wildman–Crippen MR) is 51.1 cm³/mol. The molecule has 2 aliphatic rings. The molecule has 0 aromatic carbocycles. The third-order valence-electron chi connectivity index (χ3n) is 3.33. The van der Waals surface area contributed by atoms with Gasteiger partial charge in [0.25, 0.3) is 0 Å². The van der Waals surface area contributed by atoms with Crippen LogP contribution in [0.3, 0.4) is 0 Å². The third kappa shape index (κ3) is 1.85. The lowest BCUT2D eigenvalue weighted by atomic mass is 9.82. The maximum absolute atomic E-state index is 11.6. The molecule has 2 fully saturated rings. The zero-order chi connectivity index (χ0) is 9.26. The molecule has 1 amide bonds. The Bertz CT molecular complexity index is 195. The van der Waals surface area contributed by atoms with E-state index in [4.69, 9.17) is 5.73 Å². The minimum Gasteiger partial charge on any atom is -0.342 e. The van der Waals surface area contributed by atoms with Crippen molar-refractivity contribution in [2.75, 3.05) is 19.6 Å². The number of nitrogens with two attached hydrogens (primary N) is 1. The van der Waals surface area contributed by atoms with Crippen LogP contribution in [0.25, 0.3) is 0 Å². The first-order chi connectivity index (χ1) is 6.29. The topological polar surface area (TPSA) is 46.3 Å². The first kappa shape index (κ1) is 9.00. The average Bonchev–Trinajstić information content (AvgIpc) is 1.95. The lowest BCUT2D eigenvalue weighted by molar-refractivity contribution is -0.138. The van der Waals surface area contributed by atoms with E-state index >= 15 is 0 Å². The van der Waals surface area contributed by atoms with Gasteiger partial charge >= 0.3 is 0 Å². The van der Waals surface area contributed by atoms with Gasteiger partial charge in [0, 0.05) is 25.4 Å². The molecule has 0 radical (unpaired) electrons. The van der Waals surface area contributed by atoms with E-state index in [1.54, 1.807) is 0 Å². The smallest absolute Gasteiger partial charge is 0.222 e. The Morgan fingerprint density at radius 1 is 1.31 bits per heavy atom. The molecule has 13 heavy (non-hydrogen) atoms. The van der Waals surface area contributed by atoms with Crippen molar-refractivity contribution in [3.63, 3.8) is 0 Å². The lowest BCUT2D eigenvalue weighted by Gasteiger charge is -2.40. The SMILES string of the molecule is NCC1CN(C(=O)CC2CCC2)C1. The standard InChI is InChI=1S/C10H18N2O/c11-5-9-6-12(7-9)10(13)4-8-2-1-3-8/h8-9H,1-7,11H2. The predicted octanol–water partition coefficient (Wildman–Crippen LogP) is 0.594. The van der Waals surface area contributed by atoms with E-state index in [2.05, 4.69) is 0 Å². The van der Waals surface area contributed by atoms with E-state index in [0.29, 0.717) is 17.7 Å². The minimum absolute atomic E-state index is 0.356. The molecular weight excluding hydrogens is 164 g/mol. The Morgan fingerprint density at radius 3 is 2.46 bits per heavy atom. The average molecular weight is 182 g/mol. The van der Waals surface area contributed by atoms with E-state index in [9.17, 15) is 4.79 Å². The molecule has 1 saturated heterocycles. The molecule has 2 rings (SSSR count). The van der Waals surface area contributed by atoms with E-state index in [1.165, 1.54) is 19.3 Å². The van der Waals surface area contributed by atoms with Crippen molar-refractivity contribution < 1.29 is 4.79 Å². The number of hydrogen-bond donors (Lipinski definition) is 1. The van der Waals surface area contributed by atoms with Crippen molar-refractivity contribution in [2.24, 2.45) is 17.6 Å². The van der Waals surface area contributed by atoms with Crippen LogP contribution in [-0.4, -0.2) is 30.4 Å². The summed E-state index contributed by atoms with van der Waals surface area (Å²) in [7, 11) is 0. The molecule has 0 atom stereocenters. The highest BCUT2D eigenvalue weighted by Crippen LogP contribution is 2.30. The fraction of sp³-hybridized carbons (Fsp3) is 0.900. The van der Waals surface area contributed by atoms with E-state index in [0.717, 1.165) is 26.1 Å². The Morgan fingerprint density at radius 2 is 2.00 bits per heavy atom. The highest BCUT2D eigenvalue weighted by Gasteiger charge is 2.31. The van der Waals surface area contributed by atoms with Crippen molar-refractivity contribution in [2.45, 2.75) is 25.7 Å². The van der Waals surface area contributed by atoms with E-state index in [-0.39, 0.29) is 0 Å². The fourth-order valence-electron chi connectivity index (χ4n) is 2.00. The number of likely N-dealkylation sites (tertiary alicyclic amines) is 1. The van der Waals surface area contributed by atoms with Gasteiger partial charge in [-0.05, 0) is 25.3 Å². The normalized spacial score (nSPS) is 23.9. The molecule has 2 N–H and O–H groups in total. The van der Waals surface area contributed by atoms with Crippen molar-refractivity contribution >= 4 is 5.91 Å². The zero-order valence-electron chi connectivity index (χ0n) is 8.04. The van der Waals surface area contributed by atoms with Crippen LogP contribution in [0, 0.1) is 11.8 Å². The molecule has 1 aliphatic heterocycles. The number of amides is 1. The van der Waals surface area contributed by atoms with Gasteiger partial charge in [0.15, 0.2) is 0 Å². The van der Waals surface area contributed by atoms with Crippen LogP contribution < -0.4 is 5.73 Å². The van der Waals surface area contributed by atoms with Gasteiger partial charge in [0.1, 0.15) is 0 Å². The molecule has 0 aromatic heterocycles. The number of hydrogen-bond acceptors (Lipinski definition) is 2. The largest absolute Gasteiger partial charge is 0.342 e. The number of nitrogens with zero attached hydrogens (tertiary/aromatic N) is 1. The van der Waals surface area contributed by atoms with Crippen LogP contribution in [0.4, 0.5) is 0 Å². The van der Waals surface area contributed by atoms with Gasteiger partial charge in [-0.15, -0.1) is 0 Å². The maximum Gasteiger partial charge on any atom is 0.222 e. The summed E-state index contributed by atoms with van der Waals surface area (Å²) < 4.78 is 0. The maximum atomic E-state index is 11.6. The Balaban J connectivity index is 1.67. The van der Waals surface area contributed by atoms with Crippen LogP contribution in [-0.2, 0) is 4.79 Å². The summed E-state index contributed by atoms with van der Waals surface area (Å²) >= 11 is 0. The molecule has 0 spiro atoms. The first-order valence-corrected chi connectivity index (χ1v) is 5.27. The fourth-order valence-corrected chi connectivity index (χ4v) is 2.00. The van der Waals surface area contributed by atoms with Gasteiger partial charge < -0.3 is 10.6 Å². The summed E-state index contributed by atoms with van der Waals surface area (Å²) in [4.78, 5) is 13.5. The van der Waals surface area contributed by atoms with Gasteiger partial charge in [-0.1, -0.05) is 6.42 Å². The summed E-state index contributed by atoms with van der Waals surface area (Å²) in [6.45, 7) is 2.54. The number of carbonyl (C=O) groups is 1. The lowest BCUT2D eigenvalue weighted by Crippen LogP contribution is -2.53. The monoisotopic (exact) mass is 182 g/mol. The third-order valence-corrected chi connectivity index (χ3v) is 3.33. The van der Waals surface area contributed by atoms with E-state index < -0.39 is 0 Å². The molecule has 1 heterocycles. The number of rotatable bonds is 3. The van der Waals surface area contributed by atoms with Crippen molar-refractivity contribution in [1.29, 1.82) is 0 Å². The molecule has 74 valence electrons. The van der Waals surface area contributed by atoms with Gasteiger partial charge in [-0.3, -0.25) is 4.79 Å². The summed E-state index contributed by atoms with van der Waals surface area (Å²) in [5.41, 5.74) is 5.50. The second-order valence-electron chi connectivity index (χ2n) is 4.40. The Hall–Kier alpha value is -0.570. The second-order valence-corrected chi connectivity index (χ2v) is 4.40. The Kier molecular flexibility index (Phi) is 2.54. The molecule has 0 aromatic rings. The minimum atomic E-state index is 0.356. The second kappa shape index (κ2) is 3.66. The van der Waals surface area contributed by atoms with E-state index in [1.807, 2.05) is 4.90 Å². The van der Waals surface area contributed by atoms with Gasteiger partial charge in [0.2, 0.25) is 5.91 Å². The van der Waals surface area contributed by atoms with Gasteiger partial charge in [-0.25, -0.2) is 0 Å². The first-order valence-electron chi connectivity index (χ1n) is 5.27. The van der Waals surface area contributed by atoms with Crippen molar-refractivity contribution in [3.8, 4) is 0 Å². The summed E-state index contributed by atoms with van der Waals surface area (Å²) in [5.74, 6) is 1.63. The van der Waals surface area contributed by atoms with Crippen molar-refractivity contribution in [1.82, 2.24) is 4.90 Å². The molecule has 0 unspecified atom stereocenters. The Labute approximate surface area is 79.3 Å². The summed E-state index contributed by atoms with van der Waals surface area (Å²) in [5, 5.41) is 0. The molecule has 3 heteroatoms. The van der Waals surface area contributed by atoms with Crippen LogP contribution in [0.15, 0.2) is 0 Å². The molecule has 1 aliphatic carbocycles. The highest BCUT2D eigenvalue weighted by molar-refractivity contribution is 5.77. The molecule has 3 nitrogen and oxygen atoms in total. The molecule has 1 saturated carbocycles. The summed E-state index contributed by atoms with van der Waals surface area (Å²) in [6.07, 6.45) is 4.64. The molecule has 0 bridgehead atoms. The van der Waals surface area contributed by atoms with Gasteiger partial charge in [0.05, 0.1) is 0 Å². The van der Waals surface area contributed by atoms with Crippen LogP contribution >= 0.6 is 0 Å². The molecular formula is C10H18N2O. The quantitative estimate of drug-likeness (QED) is 0.694.